The van der Waals surface area contributed by atoms with Gasteiger partial charge >= 0.3 is 0 Å². The Kier molecular flexibility index (Phi) is 16.0. The maximum atomic E-state index is 6.25. The van der Waals surface area contributed by atoms with E-state index in [-0.39, 0.29) is 13.2 Å². The fraction of sp³-hybridized carbons (Fsp3) is 0.226. The Bertz CT molecular complexity index is 3240. The summed E-state index contributed by atoms with van der Waals surface area (Å²) in [5, 5.41) is 2.79. The van der Waals surface area contributed by atoms with Crippen LogP contribution in [0.2, 0.25) is 0 Å². The van der Waals surface area contributed by atoms with Gasteiger partial charge in [-0.05, 0) is 145 Å². The van der Waals surface area contributed by atoms with Gasteiger partial charge in [-0.25, -0.2) is 19.9 Å². The lowest BCUT2D eigenvalue weighted by Gasteiger charge is -2.21. The second kappa shape index (κ2) is 23.6. The molecule has 10 aromatic rings. The molecule has 0 amide bonds. The van der Waals surface area contributed by atoms with E-state index in [4.69, 9.17) is 39.4 Å². The van der Waals surface area contributed by atoms with E-state index < -0.39 is 0 Å². The summed E-state index contributed by atoms with van der Waals surface area (Å²) >= 11 is 0. The first-order chi connectivity index (χ1) is 35.9. The van der Waals surface area contributed by atoms with E-state index in [0.717, 1.165) is 106 Å². The van der Waals surface area contributed by atoms with Gasteiger partial charge in [-0.3, -0.25) is 0 Å². The van der Waals surface area contributed by atoms with Crippen molar-refractivity contribution in [3.05, 3.63) is 176 Å². The molecule has 3 aromatic heterocycles. The van der Waals surface area contributed by atoms with Crippen LogP contribution in [0.3, 0.4) is 0 Å². The lowest BCUT2D eigenvalue weighted by Crippen LogP contribution is -2.21. The summed E-state index contributed by atoms with van der Waals surface area (Å²) in [4.78, 5) is 36.1. The molecule has 0 aliphatic heterocycles. The number of hydrogen-bond acceptors (Lipinski definition) is 11. The van der Waals surface area contributed by atoms with Crippen LogP contribution in [0.25, 0.3) is 78.1 Å². The minimum Gasteiger partial charge on any atom is -0.474 e. The molecule has 0 bridgehead atoms. The Labute approximate surface area is 429 Å². The van der Waals surface area contributed by atoms with E-state index in [2.05, 4.69) is 153 Å². The molecule has 0 saturated carbocycles. The highest BCUT2D eigenvalue weighted by atomic mass is 16.5. The molecule has 0 atom stereocenters. The number of benzene rings is 7. The quantitative estimate of drug-likeness (QED) is 0.0768. The summed E-state index contributed by atoms with van der Waals surface area (Å²) in [6.07, 6.45) is 0. The zero-order valence-electron chi connectivity index (χ0n) is 42.7. The second-order valence-electron chi connectivity index (χ2n) is 17.4. The van der Waals surface area contributed by atoms with Gasteiger partial charge in [-0.15, -0.1) is 0 Å². The fourth-order valence-electron chi connectivity index (χ4n) is 9.10. The zero-order valence-corrected chi connectivity index (χ0v) is 42.7. The normalized spacial score (nSPS) is 11.0. The van der Waals surface area contributed by atoms with E-state index in [1.165, 1.54) is 17.1 Å². The molecule has 0 radical (unpaired) electrons. The van der Waals surface area contributed by atoms with Crippen LogP contribution >= 0.6 is 0 Å². The molecule has 73 heavy (non-hydrogen) atoms. The number of hydrogen-bond donors (Lipinski definition) is 0. The number of para-hydroxylation sites is 3. The predicted octanol–water partition coefficient (Wildman–Crippen LogP) is 13.9. The van der Waals surface area contributed by atoms with E-state index in [1.807, 2.05) is 78.9 Å². The van der Waals surface area contributed by atoms with E-state index in [9.17, 15) is 0 Å². The van der Waals surface area contributed by atoms with Crippen molar-refractivity contribution in [3.63, 3.8) is 0 Å². The molecule has 0 saturated heterocycles. The van der Waals surface area contributed by atoms with Crippen LogP contribution < -0.4 is 24.2 Å². The lowest BCUT2D eigenvalue weighted by molar-refractivity contribution is 0.210. The largest absolute Gasteiger partial charge is 0.474 e. The Morgan fingerprint density at radius 1 is 0.301 bits per heavy atom. The minimum absolute atomic E-state index is 0.285. The first-order valence-electron chi connectivity index (χ1n) is 25.6. The molecule has 7 aromatic carbocycles. The molecular weight excluding hydrogens is 903 g/mol. The number of ether oxygens (including phenoxy) is 2. The molecular formula is C62H63N9O2. The average molecular weight is 966 g/mol. The Morgan fingerprint density at radius 2 is 0.616 bits per heavy atom. The number of anilines is 3. The molecule has 10 rings (SSSR count). The van der Waals surface area contributed by atoms with Crippen LogP contribution in [0, 0.1) is 0 Å². The van der Waals surface area contributed by atoms with Crippen LogP contribution in [0.4, 0.5) is 17.1 Å². The molecule has 11 heteroatoms. The summed E-state index contributed by atoms with van der Waals surface area (Å²) in [7, 11) is 0. The van der Waals surface area contributed by atoms with Gasteiger partial charge in [0.25, 0.3) is 0 Å². The highest BCUT2D eigenvalue weighted by molar-refractivity contribution is 5.93. The van der Waals surface area contributed by atoms with Crippen LogP contribution in [-0.4, -0.2) is 82.4 Å². The topological polar surface area (TPSA) is 106 Å². The molecule has 0 aliphatic rings. The molecule has 0 unspecified atom stereocenters. The maximum absolute atomic E-state index is 6.25. The van der Waals surface area contributed by atoms with Crippen LogP contribution in [0.15, 0.2) is 176 Å². The van der Waals surface area contributed by atoms with Gasteiger partial charge in [0, 0.05) is 84.0 Å². The molecule has 3 heterocycles. The van der Waals surface area contributed by atoms with Crippen molar-refractivity contribution >= 4 is 49.8 Å². The fourth-order valence-corrected chi connectivity index (χ4v) is 9.10. The summed E-state index contributed by atoms with van der Waals surface area (Å²) in [6.45, 7) is 19.4. The summed E-state index contributed by atoms with van der Waals surface area (Å²) in [5.41, 5.74) is 11.2. The number of fused-ring (bicyclic) bond motifs is 3. The van der Waals surface area contributed by atoms with Gasteiger partial charge in [-0.1, -0.05) is 72.8 Å². The van der Waals surface area contributed by atoms with Gasteiger partial charge in [0.2, 0.25) is 11.8 Å². The van der Waals surface area contributed by atoms with Gasteiger partial charge < -0.3 is 24.2 Å². The van der Waals surface area contributed by atoms with Gasteiger partial charge in [-0.2, -0.15) is 9.97 Å². The Hall–Kier alpha value is -8.44. The minimum atomic E-state index is 0.285. The van der Waals surface area contributed by atoms with E-state index in [1.54, 1.807) is 0 Å². The van der Waals surface area contributed by atoms with Crippen molar-refractivity contribution in [2.75, 3.05) is 67.2 Å². The smallest absolute Gasteiger partial charge is 0.225 e. The van der Waals surface area contributed by atoms with Crippen LogP contribution in [0.1, 0.15) is 41.5 Å². The highest BCUT2D eigenvalue weighted by Gasteiger charge is 2.16. The number of nitrogens with zero attached hydrogens (tertiary/aromatic N) is 9. The summed E-state index contributed by atoms with van der Waals surface area (Å²) in [5.74, 6) is 3.06. The zero-order chi connectivity index (χ0) is 50.5. The third-order valence-corrected chi connectivity index (χ3v) is 13.1. The predicted molar refractivity (Wildman–Crippen MR) is 302 cm³/mol. The van der Waals surface area contributed by atoms with Crippen LogP contribution in [0.5, 0.6) is 11.8 Å². The van der Waals surface area contributed by atoms with Crippen molar-refractivity contribution in [2.45, 2.75) is 41.5 Å². The summed E-state index contributed by atoms with van der Waals surface area (Å²) in [6, 6.07) is 59.6. The SMILES string of the molecule is CCN(CC)c1ccc(-c2nc(-c3ccccc3)c3ccccc3n2)cc1.CCN(CC)c1ccc(-c2nc(OCCOc3nc(-c4ccc(N(CC)CC)cc4)nc4ccccc34)c3ccccc3n2)cc1. The number of aromatic nitrogens is 6. The first-order valence-corrected chi connectivity index (χ1v) is 25.6. The van der Waals surface area contributed by atoms with Gasteiger partial charge in [0.1, 0.15) is 13.2 Å². The molecule has 0 fully saturated rings. The highest BCUT2D eigenvalue weighted by Crippen LogP contribution is 2.32. The van der Waals surface area contributed by atoms with Crippen molar-refractivity contribution in [3.8, 4) is 57.2 Å². The van der Waals surface area contributed by atoms with Crippen molar-refractivity contribution in [1.82, 2.24) is 29.9 Å². The van der Waals surface area contributed by atoms with Crippen molar-refractivity contribution < 1.29 is 9.47 Å². The monoisotopic (exact) mass is 966 g/mol. The second-order valence-corrected chi connectivity index (χ2v) is 17.4. The first kappa shape index (κ1) is 49.5. The summed E-state index contributed by atoms with van der Waals surface area (Å²) < 4.78 is 12.5. The van der Waals surface area contributed by atoms with Crippen molar-refractivity contribution in [2.24, 2.45) is 0 Å². The standard InChI is InChI=1S/C38H40N6O2.C24H23N3/c1-5-43(6-2)29-21-17-27(18-22-29)35-39-33-15-11-9-13-31(33)37(41-35)45-25-26-46-38-32-14-10-12-16-34(32)40-36(42-38)28-19-23-30(24-20-28)44(7-3)8-4;1-3-27(4-2)20-16-14-19(15-17-20)24-25-22-13-9-8-12-21(22)23(26-24)18-10-6-5-7-11-18/h9-24H,5-8,25-26H2,1-4H3;5-17H,3-4H2,1-2H3. The van der Waals surface area contributed by atoms with Crippen molar-refractivity contribution in [1.29, 1.82) is 0 Å². The Morgan fingerprint density at radius 3 is 0.986 bits per heavy atom. The third-order valence-electron chi connectivity index (χ3n) is 13.1. The lowest BCUT2D eigenvalue weighted by atomic mass is 10.1. The van der Waals surface area contributed by atoms with Gasteiger partial charge in [0.15, 0.2) is 17.5 Å². The van der Waals surface area contributed by atoms with E-state index in [0.29, 0.717) is 23.4 Å². The number of rotatable bonds is 18. The average Bonchev–Trinajstić information content (AvgIpc) is 3.45. The molecule has 0 aliphatic carbocycles. The molecule has 368 valence electrons. The molecule has 0 N–H and O–H groups in total. The van der Waals surface area contributed by atoms with Crippen LogP contribution in [-0.2, 0) is 0 Å². The third kappa shape index (κ3) is 11.4. The maximum Gasteiger partial charge on any atom is 0.225 e. The van der Waals surface area contributed by atoms with E-state index >= 15 is 0 Å². The Balaban J connectivity index is 0.000000206. The van der Waals surface area contributed by atoms with Gasteiger partial charge in [0.05, 0.1) is 33.0 Å². The molecule has 11 nitrogen and oxygen atoms in total. The molecule has 0 spiro atoms.